The highest BCUT2D eigenvalue weighted by Crippen LogP contribution is 2.22. The Bertz CT molecular complexity index is 115. The smallest absolute Gasteiger partial charge is 0.185 e. The summed E-state index contributed by atoms with van der Waals surface area (Å²) in [5, 5.41) is 3.57. The zero-order valence-corrected chi connectivity index (χ0v) is 6.64. The van der Waals surface area contributed by atoms with Crippen molar-refractivity contribution < 1.29 is 0 Å². The maximum Gasteiger partial charge on any atom is 0.185 e. The van der Waals surface area contributed by atoms with Crippen LogP contribution in [0.25, 0.3) is 0 Å². The number of hydrogen-bond acceptors (Lipinski definition) is 2. The largest absolute Gasteiger partial charge is 0.347 e. The fourth-order valence-corrected chi connectivity index (χ4v) is 2.26. The topological polar surface area (TPSA) is 15.3 Å². The first-order chi connectivity index (χ1) is 4.86. The third kappa shape index (κ3) is 1.08. The number of rotatable bonds is 0. The van der Waals surface area contributed by atoms with Crippen LogP contribution >= 0.6 is 0 Å². The molecule has 2 fully saturated rings. The van der Waals surface area contributed by atoms with E-state index in [0.717, 1.165) is 12.0 Å². The lowest BCUT2D eigenvalue weighted by molar-refractivity contribution is 0.339. The highest BCUT2D eigenvalue weighted by molar-refractivity contribution is 6.04. The van der Waals surface area contributed by atoms with Crippen LogP contribution in [0.1, 0.15) is 12.8 Å². The molecule has 0 aliphatic carbocycles. The highest BCUT2D eigenvalue weighted by Gasteiger charge is 2.31. The number of piperidine rings is 1. The third-order valence-electron chi connectivity index (χ3n) is 2.78. The van der Waals surface area contributed by atoms with Crippen LogP contribution in [0.3, 0.4) is 0 Å². The lowest BCUT2D eigenvalue weighted by atomic mass is 9.94. The van der Waals surface area contributed by atoms with Crippen molar-refractivity contribution in [2.45, 2.75) is 18.9 Å². The predicted molar refractivity (Wildman–Crippen MR) is 44.6 cm³/mol. The molecule has 0 spiro atoms. The van der Waals surface area contributed by atoms with Crippen molar-refractivity contribution in [1.29, 1.82) is 0 Å². The van der Waals surface area contributed by atoms with Crippen LogP contribution in [0.2, 0.25) is 0 Å². The summed E-state index contributed by atoms with van der Waals surface area (Å²) in [7, 11) is 2.22. The first kappa shape index (κ1) is 6.68. The molecular formula is C7H15BN2. The summed E-state index contributed by atoms with van der Waals surface area (Å²) in [4.78, 5) is 2.44. The summed E-state index contributed by atoms with van der Waals surface area (Å²) < 4.78 is 0. The van der Waals surface area contributed by atoms with Gasteiger partial charge in [0.1, 0.15) is 0 Å². The predicted octanol–water partition coefficient (Wildman–Crippen LogP) is -0.782. The van der Waals surface area contributed by atoms with E-state index >= 15 is 0 Å². The molecule has 0 amide bonds. The molecule has 0 aromatic carbocycles. The molecule has 2 saturated heterocycles. The monoisotopic (exact) mass is 138 g/mol. The van der Waals surface area contributed by atoms with Gasteiger partial charge in [-0.1, -0.05) is 0 Å². The van der Waals surface area contributed by atoms with Crippen molar-refractivity contribution in [3.8, 4) is 0 Å². The van der Waals surface area contributed by atoms with E-state index in [0.29, 0.717) is 0 Å². The summed E-state index contributed by atoms with van der Waals surface area (Å²) in [6, 6.07) is 0.818. The second-order valence-corrected chi connectivity index (χ2v) is 3.68. The molecule has 1 N–H and O–H groups in total. The molecular weight excluding hydrogens is 123 g/mol. The minimum absolute atomic E-state index is 0.818. The van der Waals surface area contributed by atoms with Crippen molar-refractivity contribution in [3.05, 3.63) is 0 Å². The summed E-state index contributed by atoms with van der Waals surface area (Å²) >= 11 is 0. The summed E-state index contributed by atoms with van der Waals surface area (Å²) in [6.45, 7) is 3.83. The molecule has 2 heterocycles. The van der Waals surface area contributed by atoms with Crippen LogP contribution in [0, 0.1) is 5.92 Å². The molecule has 2 atom stereocenters. The minimum atomic E-state index is 0.818. The van der Waals surface area contributed by atoms with Gasteiger partial charge in [0.25, 0.3) is 0 Å². The Kier molecular flexibility index (Phi) is 1.70. The van der Waals surface area contributed by atoms with Gasteiger partial charge in [-0.15, -0.1) is 0 Å². The first-order valence-electron chi connectivity index (χ1n) is 4.28. The van der Waals surface area contributed by atoms with Gasteiger partial charge in [-0.05, 0) is 31.8 Å². The fraction of sp³-hybridized carbons (Fsp3) is 1.00. The molecule has 10 heavy (non-hydrogen) atoms. The normalized spacial score (nSPS) is 41.6. The van der Waals surface area contributed by atoms with Crippen molar-refractivity contribution in [1.82, 2.24) is 10.1 Å². The molecule has 2 nitrogen and oxygen atoms in total. The van der Waals surface area contributed by atoms with Gasteiger partial charge >= 0.3 is 0 Å². The van der Waals surface area contributed by atoms with Crippen molar-refractivity contribution in [2.24, 2.45) is 5.92 Å². The second kappa shape index (κ2) is 2.55. The van der Waals surface area contributed by atoms with Gasteiger partial charge in [0, 0.05) is 12.6 Å². The van der Waals surface area contributed by atoms with Crippen molar-refractivity contribution >= 4 is 7.98 Å². The Morgan fingerprint density at radius 1 is 1.40 bits per heavy atom. The second-order valence-electron chi connectivity index (χ2n) is 3.68. The van der Waals surface area contributed by atoms with Gasteiger partial charge in [-0.2, -0.15) is 0 Å². The van der Waals surface area contributed by atoms with E-state index in [1.54, 1.807) is 0 Å². The third-order valence-corrected chi connectivity index (χ3v) is 2.78. The summed E-state index contributed by atoms with van der Waals surface area (Å²) in [5.41, 5.74) is 0. The Hall–Kier alpha value is -0.0151. The van der Waals surface area contributed by atoms with Crippen LogP contribution in [0.4, 0.5) is 0 Å². The molecule has 0 aromatic rings. The molecule has 3 heteroatoms. The lowest BCUT2D eigenvalue weighted by Gasteiger charge is -2.25. The molecule has 0 saturated carbocycles. The van der Waals surface area contributed by atoms with Crippen LogP contribution in [0.5, 0.6) is 0 Å². The Labute approximate surface area is 63.4 Å². The average Bonchev–Trinajstić information content (AvgIpc) is 2.27. The molecule has 0 unspecified atom stereocenters. The molecule has 0 bridgehead atoms. The molecule has 2 rings (SSSR count). The van der Waals surface area contributed by atoms with Crippen LogP contribution in [0.15, 0.2) is 0 Å². The fourth-order valence-electron chi connectivity index (χ4n) is 2.26. The molecule has 0 aromatic heterocycles. The highest BCUT2D eigenvalue weighted by atomic mass is 15.1. The van der Waals surface area contributed by atoms with Crippen molar-refractivity contribution in [2.75, 3.05) is 19.6 Å². The number of nitrogens with zero attached hydrogens (tertiary/aromatic N) is 1. The van der Waals surface area contributed by atoms with Gasteiger partial charge in [-0.3, -0.25) is 0 Å². The number of fused-ring (bicyclic) bond motifs is 1. The van der Waals surface area contributed by atoms with E-state index in [1.165, 1.54) is 32.5 Å². The van der Waals surface area contributed by atoms with E-state index < -0.39 is 0 Å². The lowest BCUT2D eigenvalue weighted by Crippen LogP contribution is -2.40. The van der Waals surface area contributed by atoms with Gasteiger partial charge in [0.2, 0.25) is 0 Å². The summed E-state index contributed by atoms with van der Waals surface area (Å²) in [5.74, 6) is 0.957. The Morgan fingerprint density at radius 2 is 2.30 bits per heavy atom. The van der Waals surface area contributed by atoms with Gasteiger partial charge in [0.05, 0.1) is 0 Å². The van der Waals surface area contributed by atoms with E-state index in [4.69, 9.17) is 0 Å². The van der Waals surface area contributed by atoms with E-state index in [-0.39, 0.29) is 0 Å². The van der Waals surface area contributed by atoms with E-state index in [9.17, 15) is 0 Å². The molecule has 2 aliphatic heterocycles. The number of nitrogens with one attached hydrogen (secondary N) is 1. The quantitative estimate of drug-likeness (QED) is 0.441. The maximum absolute atomic E-state index is 3.57. The van der Waals surface area contributed by atoms with Gasteiger partial charge in [0.15, 0.2) is 7.98 Å². The Morgan fingerprint density at radius 3 is 3.10 bits per heavy atom. The summed E-state index contributed by atoms with van der Waals surface area (Å²) in [6.07, 6.45) is 2.83. The average molecular weight is 138 g/mol. The SMILES string of the molecule is BN1C[C@H]2CCCN[C@H]2C1. The van der Waals surface area contributed by atoms with E-state index in [1.807, 2.05) is 0 Å². The Balaban J connectivity index is 1.97. The van der Waals surface area contributed by atoms with Gasteiger partial charge < -0.3 is 10.1 Å². The maximum atomic E-state index is 3.57. The molecule has 0 radical (unpaired) electrons. The van der Waals surface area contributed by atoms with Gasteiger partial charge in [-0.25, -0.2) is 0 Å². The zero-order chi connectivity index (χ0) is 6.97. The van der Waals surface area contributed by atoms with Crippen LogP contribution in [-0.4, -0.2) is 38.5 Å². The standard InChI is InChI=1S/C7H15BN2/c8-10-4-6-2-1-3-9-7(6)5-10/h6-7,9H,1-5,8H2/t6-,7+/m1/s1. The van der Waals surface area contributed by atoms with Crippen LogP contribution < -0.4 is 5.32 Å². The first-order valence-corrected chi connectivity index (χ1v) is 4.28. The molecule has 2 aliphatic rings. The van der Waals surface area contributed by atoms with Crippen LogP contribution in [-0.2, 0) is 0 Å². The zero-order valence-electron chi connectivity index (χ0n) is 6.64. The van der Waals surface area contributed by atoms with Crippen molar-refractivity contribution in [3.63, 3.8) is 0 Å². The number of hydrogen-bond donors (Lipinski definition) is 1. The minimum Gasteiger partial charge on any atom is -0.347 e. The van der Waals surface area contributed by atoms with E-state index in [2.05, 4.69) is 18.1 Å². The molecule has 56 valence electrons.